The number of anilines is 1. The molecule has 0 aromatic heterocycles. The van der Waals surface area contributed by atoms with E-state index in [2.05, 4.69) is 26.1 Å². The van der Waals surface area contributed by atoms with Crippen molar-refractivity contribution in [3.05, 3.63) is 29.6 Å². The van der Waals surface area contributed by atoms with Crippen LogP contribution >= 0.6 is 0 Å². The van der Waals surface area contributed by atoms with Crippen molar-refractivity contribution in [1.29, 1.82) is 0 Å². The average Bonchev–Trinajstić information content (AvgIpc) is 2.31. The van der Waals surface area contributed by atoms with Crippen molar-refractivity contribution in [2.75, 3.05) is 5.32 Å². The number of hydrogen-bond acceptors (Lipinski definition) is 1. The van der Waals surface area contributed by atoms with Crippen molar-refractivity contribution in [2.45, 2.75) is 53.0 Å². The van der Waals surface area contributed by atoms with Gasteiger partial charge in [-0.15, -0.1) is 0 Å². The first kappa shape index (κ1) is 14.0. The van der Waals surface area contributed by atoms with Crippen LogP contribution in [0.1, 0.15) is 45.6 Å². The second-order valence-corrected chi connectivity index (χ2v) is 4.96. The molecule has 0 radical (unpaired) electrons. The molecule has 96 valence electrons. The monoisotopic (exact) mass is 237 g/mol. The third kappa shape index (κ3) is 4.37. The number of rotatable bonds is 6. The maximum Gasteiger partial charge on any atom is 0.123 e. The van der Waals surface area contributed by atoms with Crippen LogP contribution in [0.4, 0.5) is 10.1 Å². The topological polar surface area (TPSA) is 12.0 Å². The summed E-state index contributed by atoms with van der Waals surface area (Å²) in [4.78, 5) is 0. The number of halogens is 1. The van der Waals surface area contributed by atoms with Gasteiger partial charge in [0.05, 0.1) is 0 Å². The minimum atomic E-state index is -0.164. The molecule has 0 heterocycles. The van der Waals surface area contributed by atoms with Crippen LogP contribution in [0.15, 0.2) is 18.2 Å². The highest BCUT2D eigenvalue weighted by atomic mass is 19.1. The first-order chi connectivity index (χ1) is 8.06. The molecule has 0 amide bonds. The largest absolute Gasteiger partial charge is 0.382 e. The fourth-order valence-electron chi connectivity index (χ4n) is 1.99. The van der Waals surface area contributed by atoms with Crippen molar-refractivity contribution < 1.29 is 4.39 Å². The zero-order valence-corrected chi connectivity index (χ0v) is 11.4. The average molecular weight is 237 g/mol. The fourth-order valence-corrected chi connectivity index (χ4v) is 1.99. The Balaban J connectivity index is 2.67. The summed E-state index contributed by atoms with van der Waals surface area (Å²) < 4.78 is 13.0. The molecule has 2 heteroatoms. The van der Waals surface area contributed by atoms with Gasteiger partial charge in [-0.2, -0.15) is 0 Å². The van der Waals surface area contributed by atoms with Gasteiger partial charge in [-0.3, -0.25) is 0 Å². The van der Waals surface area contributed by atoms with Gasteiger partial charge in [-0.05, 0) is 49.4 Å². The van der Waals surface area contributed by atoms with Gasteiger partial charge < -0.3 is 5.32 Å². The SMILES string of the molecule is CCC(C)CC(CC)Nc1ccc(F)cc1C. The number of hydrogen-bond donors (Lipinski definition) is 1. The van der Waals surface area contributed by atoms with Gasteiger partial charge in [0, 0.05) is 11.7 Å². The Morgan fingerprint density at radius 3 is 2.47 bits per heavy atom. The lowest BCUT2D eigenvalue weighted by molar-refractivity contribution is 0.461. The summed E-state index contributed by atoms with van der Waals surface area (Å²) in [7, 11) is 0. The van der Waals surface area contributed by atoms with Crippen LogP contribution in [0, 0.1) is 18.7 Å². The Hall–Kier alpha value is -1.05. The van der Waals surface area contributed by atoms with Crippen LogP contribution < -0.4 is 5.32 Å². The lowest BCUT2D eigenvalue weighted by Gasteiger charge is -2.22. The quantitative estimate of drug-likeness (QED) is 0.752. The van der Waals surface area contributed by atoms with E-state index in [4.69, 9.17) is 0 Å². The highest BCUT2D eigenvalue weighted by Gasteiger charge is 2.11. The highest BCUT2D eigenvalue weighted by Crippen LogP contribution is 2.21. The van der Waals surface area contributed by atoms with Crippen LogP contribution in [0.3, 0.4) is 0 Å². The van der Waals surface area contributed by atoms with Crippen LogP contribution in [0.5, 0.6) is 0 Å². The smallest absolute Gasteiger partial charge is 0.123 e. The van der Waals surface area contributed by atoms with Crippen molar-refractivity contribution in [2.24, 2.45) is 5.92 Å². The highest BCUT2D eigenvalue weighted by molar-refractivity contribution is 5.51. The van der Waals surface area contributed by atoms with Gasteiger partial charge >= 0.3 is 0 Å². The molecule has 0 aliphatic heterocycles. The predicted octanol–water partition coefficient (Wildman–Crippen LogP) is 4.76. The maximum atomic E-state index is 13.0. The summed E-state index contributed by atoms with van der Waals surface area (Å²) >= 11 is 0. The standard InChI is InChI=1S/C15H24FN/c1-5-11(3)9-14(6-2)17-15-8-7-13(16)10-12(15)4/h7-8,10-11,14,17H,5-6,9H2,1-4H3. The first-order valence-electron chi connectivity index (χ1n) is 6.59. The second-order valence-electron chi connectivity index (χ2n) is 4.96. The summed E-state index contributed by atoms with van der Waals surface area (Å²) in [5.41, 5.74) is 2.04. The molecule has 2 unspecified atom stereocenters. The van der Waals surface area contributed by atoms with Crippen molar-refractivity contribution >= 4 is 5.69 Å². The molecule has 0 aliphatic carbocycles. The van der Waals surface area contributed by atoms with Gasteiger partial charge in [0.1, 0.15) is 5.82 Å². The third-order valence-electron chi connectivity index (χ3n) is 3.42. The first-order valence-corrected chi connectivity index (χ1v) is 6.59. The molecule has 1 aromatic carbocycles. The fraction of sp³-hybridized carbons (Fsp3) is 0.600. The van der Waals surface area contributed by atoms with Crippen LogP contribution in [0.25, 0.3) is 0 Å². The van der Waals surface area contributed by atoms with E-state index in [1.807, 2.05) is 13.0 Å². The van der Waals surface area contributed by atoms with Crippen molar-refractivity contribution in [1.82, 2.24) is 0 Å². The van der Waals surface area contributed by atoms with E-state index in [0.717, 1.165) is 23.6 Å². The Morgan fingerprint density at radius 2 is 1.94 bits per heavy atom. The minimum absolute atomic E-state index is 0.164. The van der Waals surface area contributed by atoms with Gasteiger partial charge in [0.25, 0.3) is 0 Å². The summed E-state index contributed by atoms with van der Waals surface area (Å²) in [5.74, 6) is 0.566. The van der Waals surface area contributed by atoms with E-state index in [-0.39, 0.29) is 5.82 Å². The Kier molecular flexibility index (Phi) is 5.46. The van der Waals surface area contributed by atoms with Crippen molar-refractivity contribution in [3.63, 3.8) is 0 Å². The molecule has 0 bridgehead atoms. The molecular formula is C15H24FN. The molecule has 0 spiro atoms. The molecule has 0 aliphatic rings. The lowest BCUT2D eigenvalue weighted by Crippen LogP contribution is -2.21. The number of nitrogens with one attached hydrogen (secondary N) is 1. The zero-order valence-electron chi connectivity index (χ0n) is 11.4. The molecular weight excluding hydrogens is 213 g/mol. The summed E-state index contributed by atoms with van der Waals surface area (Å²) in [6.07, 6.45) is 3.48. The number of aryl methyl sites for hydroxylation is 1. The predicted molar refractivity (Wildman–Crippen MR) is 72.9 cm³/mol. The molecule has 0 fully saturated rings. The van der Waals surface area contributed by atoms with Gasteiger partial charge in [0.15, 0.2) is 0 Å². The molecule has 17 heavy (non-hydrogen) atoms. The minimum Gasteiger partial charge on any atom is -0.382 e. The van der Waals surface area contributed by atoms with E-state index in [0.29, 0.717) is 6.04 Å². The van der Waals surface area contributed by atoms with E-state index in [9.17, 15) is 4.39 Å². The van der Waals surface area contributed by atoms with Crippen LogP contribution in [-0.2, 0) is 0 Å². The maximum absolute atomic E-state index is 13.0. The molecule has 1 N–H and O–H groups in total. The number of benzene rings is 1. The van der Waals surface area contributed by atoms with Gasteiger partial charge in [0.2, 0.25) is 0 Å². The molecule has 0 saturated carbocycles. The third-order valence-corrected chi connectivity index (χ3v) is 3.42. The second kappa shape index (κ2) is 6.63. The molecule has 1 rings (SSSR count). The van der Waals surface area contributed by atoms with E-state index in [1.165, 1.54) is 18.9 Å². The summed E-state index contributed by atoms with van der Waals surface area (Å²) in [6.45, 7) is 8.64. The Labute approximate surface area is 104 Å². The van der Waals surface area contributed by atoms with E-state index < -0.39 is 0 Å². The zero-order chi connectivity index (χ0) is 12.8. The Morgan fingerprint density at radius 1 is 1.24 bits per heavy atom. The van der Waals surface area contributed by atoms with Crippen LogP contribution in [0.2, 0.25) is 0 Å². The molecule has 2 atom stereocenters. The van der Waals surface area contributed by atoms with E-state index >= 15 is 0 Å². The summed E-state index contributed by atoms with van der Waals surface area (Å²) in [6, 6.07) is 5.42. The lowest BCUT2D eigenvalue weighted by atomic mass is 9.97. The normalized spacial score (nSPS) is 14.4. The molecule has 1 aromatic rings. The van der Waals surface area contributed by atoms with Gasteiger partial charge in [-0.25, -0.2) is 4.39 Å². The van der Waals surface area contributed by atoms with Crippen LogP contribution in [-0.4, -0.2) is 6.04 Å². The molecule has 1 nitrogen and oxygen atoms in total. The summed E-state index contributed by atoms with van der Waals surface area (Å²) in [5, 5.41) is 3.52. The molecule has 0 saturated heterocycles. The van der Waals surface area contributed by atoms with Crippen molar-refractivity contribution in [3.8, 4) is 0 Å². The Bertz CT molecular complexity index is 349. The van der Waals surface area contributed by atoms with E-state index in [1.54, 1.807) is 6.07 Å². The van der Waals surface area contributed by atoms with Gasteiger partial charge in [-0.1, -0.05) is 27.2 Å².